The van der Waals surface area contributed by atoms with E-state index in [1.807, 2.05) is 0 Å². The van der Waals surface area contributed by atoms with Crippen LogP contribution in [0.2, 0.25) is 0 Å². The Labute approximate surface area is 108 Å². The first-order chi connectivity index (χ1) is 8.74. The number of imidazole rings is 1. The second kappa shape index (κ2) is 4.75. The first kappa shape index (κ1) is 11.8. The van der Waals surface area contributed by atoms with E-state index in [-0.39, 0.29) is 11.8 Å². The van der Waals surface area contributed by atoms with E-state index in [1.165, 1.54) is 18.7 Å². The molecule has 2 atom stereocenters. The van der Waals surface area contributed by atoms with Crippen molar-refractivity contribution in [2.75, 3.05) is 6.54 Å². The van der Waals surface area contributed by atoms with Crippen LogP contribution in [0.3, 0.4) is 0 Å². The molecule has 4 heteroatoms. The van der Waals surface area contributed by atoms with Crippen molar-refractivity contribution >= 4 is 5.91 Å². The highest BCUT2D eigenvalue weighted by Gasteiger charge is 2.38. The maximum absolute atomic E-state index is 11.7. The standard InChI is InChI=1S/C14H21N3O/c1-10-8-12(10)14(18)15-6-5-11-9-17-7-3-2-4-13(17)16-11/h9-10,12H,2-8H2,1H3,(H,15,18)/t10-,12-/m0/s1. The second-order valence-electron chi connectivity index (χ2n) is 5.66. The van der Waals surface area contributed by atoms with Gasteiger partial charge >= 0.3 is 0 Å². The Bertz CT molecular complexity index is 428. The summed E-state index contributed by atoms with van der Waals surface area (Å²) < 4.78 is 2.27. The number of amides is 1. The molecule has 0 unspecified atom stereocenters. The van der Waals surface area contributed by atoms with Gasteiger partial charge in [-0.25, -0.2) is 4.98 Å². The quantitative estimate of drug-likeness (QED) is 0.877. The normalized spacial score (nSPS) is 25.6. The molecular formula is C14H21N3O. The number of carbonyl (C=O) groups excluding carboxylic acids is 1. The van der Waals surface area contributed by atoms with Gasteiger partial charge in [-0.05, 0) is 25.2 Å². The molecule has 3 rings (SSSR count). The molecule has 0 aromatic carbocycles. The van der Waals surface area contributed by atoms with Crippen molar-refractivity contribution in [1.29, 1.82) is 0 Å². The summed E-state index contributed by atoms with van der Waals surface area (Å²) in [4.78, 5) is 16.3. The summed E-state index contributed by atoms with van der Waals surface area (Å²) in [5.74, 6) is 2.31. The molecule has 1 fully saturated rings. The van der Waals surface area contributed by atoms with E-state index < -0.39 is 0 Å². The van der Waals surface area contributed by atoms with Gasteiger partial charge in [-0.3, -0.25) is 4.79 Å². The van der Waals surface area contributed by atoms with Gasteiger partial charge in [0, 0.05) is 38.0 Å². The van der Waals surface area contributed by atoms with Crippen LogP contribution in [0.1, 0.15) is 37.7 Å². The lowest BCUT2D eigenvalue weighted by Crippen LogP contribution is -2.27. The first-order valence-corrected chi connectivity index (χ1v) is 7.06. The van der Waals surface area contributed by atoms with Gasteiger partial charge in [0.2, 0.25) is 5.91 Å². The number of nitrogens with zero attached hydrogens (tertiary/aromatic N) is 2. The van der Waals surface area contributed by atoms with E-state index >= 15 is 0 Å². The molecule has 0 bridgehead atoms. The van der Waals surface area contributed by atoms with Crippen LogP contribution in [0.15, 0.2) is 6.20 Å². The van der Waals surface area contributed by atoms with E-state index in [0.29, 0.717) is 5.92 Å². The topological polar surface area (TPSA) is 46.9 Å². The second-order valence-corrected chi connectivity index (χ2v) is 5.66. The van der Waals surface area contributed by atoms with Crippen LogP contribution in [-0.2, 0) is 24.2 Å². The Morgan fingerprint density at radius 2 is 2.39 bits per heavy atom. The van der Waals surface area contributed by atoms with Gasteiger partial charge < -0.3 is 9.88 Å². The monoisotopic (exact) mass is 247 g/mol. The third kappa shape index (κ3) is 2.42. The van der Waals surface area contributed by atoms with Crippen LogP contribution in [0.5, 0.6) is 0 Å². The molecular weight excluding hydrogens is 226 g/mol. The molecule has 1 saturated carbocycles. The molecule has 1 aromatic rings. The fourth-order valence-electron chi connectivity index (χ4n) is 2.72. The van der Waals surface area contributed by atoms with Crippen LogP contribution >= 0.6 is 0 Å². The molecule has 1 N–H and O–H groups in total. The van der Waals surface area contributed by atoms with Crippen molar-refractivity contribution in [3.8, 4) is 0 Å². The predicted molar refractivity (Wildman–Crippen MR) is 69.1 cm³/mol. The van der Waals surface area contributed by atoms with Gasteiger partial charge in [0.25, 0.3) is 0 Å². The smallest absolute Gasteiger partial charge is 0.223 e. The largest absolute Gasteiger partial charge is 0.355 e. The van der Waals surface area contributed by atoms with Gasteiger partial charge in [-0.15, -0.1) is 0 Å². The summed E-state index contributed by atoms with van der Waals surface area (Å²) >= 11 is 0. The van der Waals surface area contributed by atoms with Crippen LogP contribution in [0, 0.1) is 11.8 Å². The van der Waals surface area contributed by atoms with E-state index in [2.05, 4.69) is 28.0 Å². The molecule has 0 spiro atoms. The van der Waals surface area contributed by atoms with Crippen LogP contribution in [0.25, 0.3) is 0 Å². The zero-order chi connectivity index (χ0) is 12.5. The number of hydrogen-bond acceptors (Lipinski definition) is 2. The number of carbonyl (C=O) groups is 1. The Balaban J connectivity index is 1.48. The number of nitrogens with one attached hydrogen (secondary N) is 1. The lowest BCUT2D eigenvalue weighted by atomic mass is 10.2. The van der Waals surface area contributed by atoms with Crippen molar-refractivity contribution in [3.05, 3.63) is 17.7 Å². The summed E-state index contributed by atoms with van der Waals surface area (Å²) in [5.41, 5.74) is 1.12. The highest BCUT2D eigenvalue weighted by molar-refractivity contribution is 5.81. The molecule has 18 heavy (non-hydrogen) atoms. The fourth-order valence-corrected chi connectivity index (χ4v) is 2.72. The molecule has 1 aromatic heterocycles. The lowest BCUT2D eigenvalue weighted by Gasteiger charge is -2.11. The molecule has 1 aliphatic carbocycles. The van der Waals surface area contributed by atoms with Gasteiger partial charge in [-0.2, -0.15) is 0 Å². The number of rotatable bonds is 4. The van der Waals surface area contributed by atoms with Gasteiger partial charge in [-0.1, -0.05) is 6.92 Å². The SMILES string of the molecule is C[C@H]1C[C@@H]1C(=O)NCCc1cn2c(n1)CCCC2. The maximum atomic E-state index is 11.7. The molecule has 4 nitrogen and oxygen atoms in total. The zero-order valence-corrected chi connectivity index (χ0v) is 11.0. The van der Waals surface area contributed by atoms with E-state index in [4.69, 9.17) is 0 Å². The molecule has 0 radical (unpaired) electrons. The minimum absolute atomic E-state index is 0.228. The summed E-state index contributed by atoms with van der Waals surface area (Å²) in [6.07, 6.45) is 7.69. The van der Waals surface area contributed by atoms with E-state index in [1.54, 1.807) is 0 Å². The van der Waals surface area contributed by atoms with Crippen molar-refractivity contribution < 1.29 is 4.79 Å². The summed E-state index contributed by atoms with van der Waals surface area (Å²) in [5, 5.41) is 3.02. The highest BCUT2D eigenvalue weighted by atomic mass is 16.2. The van der Waals surface area contributed by atoms with Crippen LogP contribution in [0.4, 0.5) is 0 Å². The Kier molecular flexibility index (Phi) is 3.10. The third-order valence-electron chi connectivity index (χ3n) is 4.09. The number of hydrogen-bond donors (Lipinski definition) is 1. The molecule has 2 heterocycles. The average molecular weight is 247 g/mol. The molecule has 1 amide bonds. The Morgan fingerprint density at radius 1 is 1.56 bits per heavy atom. The zero-order valence-electron chi connectivity index (χ0n) is 11.0. The average Bonchev–Trinajstić information content (AvgIpc) is 2.95. The third-order valence-corrected chi connectivity index (χ3v) is 4.09. The molecule has 0 saturated heterocycles. The Hall–Kier alpha value is -1.32. The molecule has 2 aliphatic rings. The summed E-state index contributed by atoms with van der Waals surface area (Å²) in [7, 11) is 0. The van der Waals surface area contributed by atoms with Crippen LogP contribution in [-0.4, -0.2) is 22.0 Å². The maximum Gasteiger partial charge on any atom is 0.223 e. The first-order valence-electron chi connectivity index (χ1n) is 7.06. The fraction of sp³-hybridized carbons (Fsp3) is 0.714. The van der Waals surface area contributed by atoms with E-state index in [0.717, 1.165) is 38.0 Å². The number of fused-ring (bicyclic) bond motifs is 1. The summed E-state index contributed by atoms with van der Waals surface area (Å²) in [6.45, 7) is 3.96. The number of aromatic nitrogens is 2. The minimum atomic E-state index is 0.228. The van der Waals surface area contributed by atoms with E-state index in [9.17, 15) is 4.79 Å². The van der Waals surface area contributed by atoms with Crippen molar-refractivity contribution in [1.82, 2.24) is 14.9 Å². The molecule has 98 valence electrons. The van der Waals surface area contributed by atoms with Gasteiger partial charge in [0.15, 0.2) is 0 Å². The van der Waals surface area contributed by atoms with Crippen molar-refractivity contribution in [2.24, 2.45) is 11.8 Å². The van der Waals surface area contributed by atoms with Crippen molar-refractivity contribution in [3.63, 3.8) is 0 Å². The predicted octanol–water partition coefficient (Wildman–Crippen LogP) is 1.53. The summed E-state index contributed by atoms with van der Waals surface area (Å²) in [6, 6.07) is 0. The molecule has 1 aliphatic heterocycles. The highest BCUT2D eigenvalue weighted by Crippen LogP contribution is 2.37. The number of aryl methyl sites for hydroxylation is 2. The minimum Gasteiger partial charge on any atom is -0.355 e. The van der Waals surface area contributed by atoms with Crippen molar-refractivity contribution in [2.45, 2.75) is 45.6 Å². The van der Waals surface area contributed by atoms with Crippen LogP contribution < -0.4 is 5.32 Å². The van der Waals surface area contributed by atoms with Gasteiger partial charge in [0.05, 0.1) is 5.69 Å². The van der Waals surface area contributed by atoms with Gasteiger partial charge in [0.1, 0.15) is 5.82 Å². The lowest BCUT2D eigenvalue weighted by molar-refractivity contribution is -0.122. The Morgan fingerprint density at radius 3 is 3.11 bits per heavy atom.